The highest BCUT2D eigenvalue weighted by molar-refractivity contribution is 7.91. The summed E-state index contributed by atoms with van der Waals surface area (Å²) >= 11 is 0.957. The van der Waals surface area contributed by atoms with E-state index in [1.54, 1.807) is 12.1 Å². The van der Waals surface area contributed by atoms with Crippen molar-refractivity contribution in [2.45, 2.75) is 23.6 Å². The summed E-state index contributed by atoms with van der Waals surface area (Å²) in [6.45, 7) is 1.24. The summed E-state index contributed by atoms with van der Waals surface area (Å²) in [6.07, 6.45) is 1.73. The summed E-state index contributed by atoms with van der Waals surface area (Å²) in [5.74, 6) is -0.732. The molecule has 128 valence electrons. The minimum absolute atomic E-state index is 0.181. The van der Waals surface area contributed by atoms with Gasteiger partial charge in [-0.2, -0.15) is 4.31 Å². The molecule has 0 bridgehead atoms. The van der Waals surface area contributed by atoms with Gasteiger partial charge in [-0.15, -0.1) is 11.3 Å². The Bertz CT molecular complexity index is 843. The summed E-state index contributed by atoms with van der Waals surface area (Å²) in [4.78, 5) is 12.5. The molecular formula is C16H17FN2O3S2. The lowest BCUT2D eigenvalue weighted by molar-refractivity contribution is 0.0955. The molecule has 0 atom stereocenters. The van der Waals surface area contributed by atoms with Gasteiger partial charge in [-0.25, -0.2) is 12.8 Å². The number of hydrogen-bond acceptors (Lipinski definition) is 4. The van der Waals surface area contributed by atoms with Crippen LogP contribution in [0.3, 0.4) is 0 Å². The average Bonchev–Trinajstić information content (AvgIpc) is 3.24. The Kier molecular flexibility index (Phi) is 4.98. The molecule has 8 heteroatoms. The van der Waals surface area contributed by atoms with E-state index in [1.165, 1.54) is 28.6 Å². The summed E-state index contributed by atoms with van der Waals surface area (Å²) in [5.41, 5.74) is 0.643. The van der Waals surface area contributed by atoms with Crippen LogP contribution in [-0.4, -0.2) is 31.7 Å². The van der Waals surface area contributed by atoms with Crippen LogP contribution >= 0.6 is 11.3 Å². The van der Waals surface area contributed by atoms with Gasteiger partial charge in [-0.05, 0) is 42.7 Å². The third kappa shape index (κ3) is 3.66. The summed E-state index contributed by atoms with van der Waals surface area (Å²) in [5, 5.41) is 2.67. The third-order valence-electron chi connectivity index (χ3n) is 3.81. The normalized spacial score (nSPS) is 15.5. The number of amides is 1. The van der Waals surface area contributed by atoms with Gasteiger partial charge in [0, 0.05) is 19.6 Å². The van der Waals surface area contributed by atoms with Crippen LogP contribution < -0.4 is 5.32 Å². The Morgan fingerprint density at radius 1 is 1.21 bits per heavy atom. The number of carbonyl (C=O) groups excluding carboxylic acids is 1. The van der Waals surface area contributed by atoms with E-state index < -0.39 is 10.0 Å². The molecule has 3 rings (SSSR count). The molecule has 2 aromatic rings. The van der Waals surface area contributed by atoms with Gasteiger partial charge in [0.25, 0.3) is 15.9 Å². The van der Waals surface area contributed by atoms with Gasteiger partial charge < -0.3 is 5.32 Å². The van der Waals surface area contributed by atoms with E-state index in [2.05, 4.69) is 5.32 Å². The van der Waals surface area contributed by atoms with Gasteiger partial charge in [0.2, 0.25) is 0 Å². The zero-order valence-electron chi connectivity index (χ0n) is 12.9. The SMILES string of the molecule is O=C(NCc1cccc(F)c1)c1ccc(S(=O)(=O)N2CCCC2)s1. The van der Waals surface area contributed by atoms with Crippen molar-refractivity contribution < 1.29 is 17.6 Å². The van der Waals surface area contributed by atoms with Crippen molar-refractivity contribution in [1.29, 1.82) is 0 Å². The number of rotatable bonds is 5. The van der Waals surface area contributed by atoms with Crippen molar-refractivity contribution in [2.75, 3.05) is 13.1 Å². The highest BCUT2D eigenvalue weighted by atomic mass is 32.2. The van der Waals surface area contributed by atoms with Gasteiger partial charge in [-0.3, -0.25) is 4.79 Å². The van der Waals surface area contributed by atoms with E-state index in [0.29, 0.717) is 23.5 Å². The third-order valence-corrected chi connectivity index (χ3v) is 7.26. The van der Waals surface area contributed by atoms with Crippen molar-refractivity contribution in [2.24, 2.45) is 0 Å². The van der Waals surface area contributed by atoms with E-state index in [0.717, 1.165) is 24.2 Å². The van der Waals surface area contributed by atoms with E-state index in [-0.39, 0.29) is 22.5 Å². The predicted octanol–water partition coefficient (Wildman–Crippen LogP) is 2.60. The maximum Gasteiger partial charge on any atom is 0.261 e. The standard InChI is InChI=1S/C16H17FN2O3S2/c17-13-5-3-4-12(10-13)11-18-16(20)14-6-7-15(23-14)24(21,22)19-8-1-2-9-19/h3-7,10H,1-2,8-9,11H2,(H,18,20). The number of halogens is 1. The number of sulfonamides is 1. The molecule has 0 radical (unpaired) electrons. The molecule has 1 fully saturated rings. The largest absolute Gasteiger partial charge is 0.347 e. The first kappa shape index (κ1) is 17.1. The fraction of sp³-hybridized carbons (Fsp3) is 0.312. The molecule has 1 aromatic heterocycles. The summed E-state index contributed by atoms with van der Waals surface area (Å²) < 4.78 is 39.6. The maximum absolute atomic E-state index is 13.1. The van der Waals surface area contributed by atoms with Gasteiger partial charge >= 0.3 is 0 Å². The second kappa shape index (κ2) is 7.00. The van der Waals surface area contributed by atoms with Crippen molar-refractivity contribution in [3.8, 4) is 0 Å². The summed E-state index contributed by atoms with van der Waals surface area (Å²) in [7, 11) is -3.50. The highest BCUT2D eigenvalue weighted by Gasteiger charge is 2.29. The Balaban J connectivity index is 1.67. The zero-order valence-corrected chi connectivity index (χ0v) is 14.5. The first-order chi connectivity index (χ1) is 11.5. The lowest BCUT2D eigenvalue weighted by Gasteiger charge is -2.13. The minimum atomic E-state index is -3.50. The number of nitrogens with one attached hydrogen (secondary N) is 1. The van der Waals surface area contributed by atoms with E-state index in [9.17, 15) is 17.6 Å². The second-order valence-corrected chi connectivity index (χ2v) is 8.79. The molecule has 1 saturated heterocycles. The van der Waals surface area contributed by atoms with Crippen LogP contribution in [-0.2, 0) is 16.6 Å². The first-order valence-electron chi connectivity index (χ1n) is 7.59. The fourth-order valence-corrected chi connectivity index (χ4v) is 5.45. The summed E-state index contributed by atoms with van der Waals surface area (Å²) in [6, 6.07) is 8.94. The molecule has 0 saturated carbocycles. The Morgan fingerprint density at radius 2 is 1.96 bits per heavy atom. The average molecular weight is 368 g/mol. The fourth-order valence-electron chi connectivity index (χ4n) is 2.55. The number of benzene rings is 1. The van der Waals surface area contributed by atoms with Gasteiger partial charge in [0.05, 0.1) is 4.88 Å². The van der Waals surface area contributed by atoms with Crippen molar-refractivity contribution in [3.05, 3.63) is 52.7 Å². The van der Waals surface area contributed by atoms with E-state index in [1.807, 2.05) is 0 Å². The zero-order chi connectivity index (χ0) is 17.2. The first-order valence-corrected chi connectivity index (χ1v) is 9.85. The monoisotopic (exact) mass is 368 g/mol. The van der Waals surface area contributed by atoms with Gasteiger partial charge in [0.1, 0.15) is 10.0 Å². The van der Waals surface area contributed by atoms with Crippen molar-refractivity contribution in [1.82, 2.24) is 9.62 Å². The number of nitrogens with zero attached hydrogens (tertiary/aromatic N) is 1. The molecule has 1 aromatic carbocycles. The van der Waals surface area contributed by atoms with Crippen LogP contribution in [0.5, 0.6) is 0 Å². The Hall–Kier alpha value is -1.77. The van der Waals surface area contributed by atoms with Crippen LogP contribution in [0.4, 0.5) is 4.39 Å². The lowest BCUT2D eigenvalue weighted by Crippen LogP contribution is -2.27. The van der Waals surface area contributed by atoms with Gasteiger partial charge in [-0.1, -0.05) is 12.1 Å². The molecule has 5 nitrogen and oxygen atoms in total. The van der Waals surface area contributed by atoms with Gasteiger partial charge in [0.15, 0.2) is 0 Å². The van der Waals surface area contributed by atoms with Crippen LogP contribution in [0.2, 0.25) is 0 Å². The van der Waals surface area contributed by atoms with Crippen LogP contribution in [0.15, 0.2) is 40.6 Å². The van der Waals surface area contributed by atoms with Crippen molar-refractivity contribution >= 4 is 27.3 Å². The molecule has 1 amide bonds. The van der Waals surface area contributed by atoms with Crippen LogP contribution in [0.1, 0.15) is 28.1 Å². The van der Waals surface area contributed by atoms with Crippen LogP contribution in [0, 0.1) is 5.82 Å². The molecule has 0 unspecified atom stereocenters. The second-order valence-electron chi connectivity index (χ2n) is 5.54. The smallest absolute Gasteiger partial charge is 0.261 e. The topological polar surface area (TPSA) is 66.5 Å². The number of hydrogen-bond donors (Lipinski definition) is 1. The quantitative estimate of drug-likeness (QED) is 0.882. The Morgan fingerprint density at radius 3 is 2.67 bits per heavy atom. The molecule has 24 heavy (non-hydrogen) atoms. The van der Waals surface area contributed by atoms with E-state index in [4.69, 9.17) is 0 Å². The molecule has 0 aliphatic carbocycles. The van der Waals surface area contributed by atoms with E-state index >= 15 is 0 Å². The van der Waals surface area contributed by atoms with Crippen molar-refractivity contribution in [3.63, 3.8) is 0 Å². The molecule has 1 aliphatic rings. The molecule has 2 heterocycles. The predicted molar refractivity (Wildman–Crippen MR) is 89.9 cm³/mol. The molecule has 1 aliphatic heterocycles. The maximum atomic E-state index is 13.1. The lowest BCUT2D eigenvalue weighted by atomic mass is 10.2. The molecular weight excluding hydrogens is 351 g/mol. The van der Waals surface area contributed by atoms with Crippen LogP contribution in [0.25, 0.3) is 0 Å². The highest BCUT2D eigenvalue weighted by Crippen LogP contribution is 2.27. The number of carbonyl (C=O) groups is 1. The number of thiophene rings is 1. The minimum Gasteiger partial charge on any atom is -0.347 e. The molecule has 1 N–H and O–H groups in total. The Labute approximate surface area is 144 Å². The molecule has 0 spiro atoms.